The van der Waals surface area contributed by atoms with Crippen LogP contribution < -0.4 is 10.5 Å². The van der Waals surface area contributed by atoms with Crippen LogP contribution in [0, 0.1) is 12.7 Å². The molecule has 0 spiro atoms. The summed E-state index contributed by atoms with van der Waals surface area (Å²) in [5.41, 5.74) is 5.56. The average molecular weight is 260 g/mol. The number of nitrogen functional groups attached to an aromatic ring is 1. The molecule has 0 heterocycles. The third kappa shape index (κ3) is 3.41. The molecule has 4 nitrogen and oxygen atoms in total. The fourth-order valence-electron chi connectivity index (χ4n) is 1.42. The van der Waals surface area contributed by atoms with E-state index in [0.29, 0.717) is 12.1 Å². The zero-order valence-electron chi connectivity index (χ0n) is 9.96. The smallest absolute Gasteiger partial charge is 0.240 e. The molecule has 0 saturated carbocycles. The predicted molar refractivity (Wildman–Crippen MR) is 65.6 cm³/mol. The normalized spacial score (nSPS) is 11.7. The van der Waals surface area contributed by atoms with E-state index in [0.717, 1.165) is 25.0 Å². The maximum absolute atomic E-state index is 13.1. The summed E-state index contributed by atoms with van der Waals surface area (Å²) in [7, 11) is -3.60. The molecule has 0 aromatic heterocycles. The number of benzene rings is 1. The first-order valence-corrected chi connectivity index (χ1v) is 6.92. The van der Waals surface area contributed by atoms with Crippen LogP contribution in [-0.4, -0.2) is 15.0 Å². The van der Waals surface area contributed by atoms with Gasteiger partial charge in [0.1, 0.15) is 5.82 Å². The molecule has 6 heteroatoms. The minimum atomic E-state index is -3.60. The molecule has 0 aliphatic rings. The second-order valence-electron chi connectivity index (χ2n) is 3.89. The fourth-order valence-corrected chi connectivity index (χ4v) is 2.75. The van der Waals surface area contributed by atoms with Gasteiger partial charge in [0.15, 0.2) is 0 Å². The van der Waals surface area contributed by atoms with Gasteiger partial charge in [0.05, 0.1) is 10.6 Å². The van der Waals surface area contributed by atoms with Gasteiger partial charge in [-0.1, -0.05) is 13.3 Å². The molecule has 96 valence electrons. The van der Waals surface area contributed by atoms with Crippen LogP contribution in [0.15, 0.2) is 17.0 Å². The summed E-state index contributed by atoms with van der Waals surface area (Å²) in [5, 5.41) is 0. The summed E-state index contributed by atoms with van der Waals surface area (Å²) in [5.74, 6) is -0.602. The van der Waals surface area contributed by atoms with Crippen LogP contribution in [-0.2, 0) is 10.0 Å². The molecule has 0 bridgehead atoms. The van der Waals surface area contributed by atoms with E-state index in [2.05, 4.69) is 4.72 Å². The molecule has 0 aliphatic carbocycles. The largest absolute Gasteiger partial charge is 0.396 e. The van der Waals surface area contributed by atoms with Gasteiger partial charge in [-0.3, -0.25) is 0 Å². The molecule has 0 radical (unpaired) electrons. The number of sulfonamides is 1. The van der Waals surface area contributed by atoms with Gasteiger partial charge in [-0.05, 0) is 31.0 Å². The molecular formula is C11H17FN2O2S. The van der Waals surface area contributed by atoms with Crippen molar-refractivity contribution >= 4 is 15.7 Å². The molecule has 17 heavy (non-hydrogen) atoms. The maximum atomic E-state index is 13.1. The predicted octanol–water partition coefficient (Wildman–Crippen LogP) is 1.79. The van der Waals surface area contributed by atoms with Crippen LogP contribution in [0.4, 0.5) is 10.1 Å². The second-order valence-corrected chi connectivity index (χ2v) is 5.63. The van der Waals surface area contributed by atoms with Crippen molar-refractivity contribution in [2.75, 3.05) is 12.3 Å². The van der Waals surface area contributed by atoms with Gasteiger partial charge in [0.2, 0.25) is 10.0 Å². The molecule has 1 rings (SSSR count). The fraction of sp³-hybridized carbons (Fsp3) is 0.455. The van der Waals surface area contributed by atoms with Crippen LogP contribution in [0.3, 0.4) is 0 Å². The lowest BCUT2D eigenvalue weighted by Gasteiger charge is -2.10. The van der Waals surface area contributed by atoms with Crippen molar-refractivity contribution in [2.45, 2.75) is 31.6 Å². The van der Waals surface area contributed by atoms with E-state index < -0.39 is 15.8 Å². The molecule has 0 amide bonds. The Balaban J connectivity index is 3.03. The van der Waals surface area contributed by atoms with Gasteiger partial charge in [0, 0.05) is 6.54 Å². The molecular weight excluding hydrogens is 243 g/mol. The number of hydrogen-bond donors (Lipinski definition) is 2. The van der Waals surface area contributed by atoms with Gasteiger partial charge < -0.3 is 5.73 Å². The standard InChI is InChI=1S/C11H17FN2O2S/c1-3-4-5-14-17(15,16)11-7-10(13)9(12)6-8(11)2/h6-7,14H,3-5,13H2,1-2H3. The molecule has 1 aromatic carbocycles. The van der Waals surface area contributed by atoms with Crippen molar-refractivity contribution in [3.05, 3.63) is 23.5 Å². The highest BCUT2D eigenvalue weighted by molar-refractivity contribution is 7.89. The van der Waals surface area contributed by atoms with Crippen LogP contribution >= 0.6 is 0 Å². The van der Waals surface area contributed by atoms with Crippen molar-refractivity contribution in [1.82, 2.24) is 4.72 Å². The van der Waals surface area contributed by atoms with Gasteiger partial charge in [0.25, 0.3) is 0 Å². The van der Waals surface area contributed by atoms with Crippen molar-refractivity contribution in [3.63, 3.8) is 0 Å². The summed E-state index contributed by atoms with van der Waals surface area (Å²) < 4.78 is 39.4. The Kier molecular flexibility index (Phi) is 4.47. The molecule has 0 atom stereocenters. The van der Waals surface area contributed by atoms with E-state index in [1.165, 1.54) is 6.92 Å². The summed E-state index contributed by atoms with van der Waals surface area (Å²) in [6, 6.07) is 2.28. The summed E-state index contributed by atoms with van der Waals surface area (Å²) in [6.45, 7) is 3.88. The molecule has 0 unspecified atom stereocenters. The first-order chi connectivity index (χ1) is 7.88. The first kappa shape index (κ1) is 13.9. The van der Waals surface area contributed by atoms with E-state index in [1.807, 2.05) is 6.92 Å². The van der Waals surface area contributed by atoms with E-state index in [4.69, 9.17) is 5.73 Å². The Hall–Kier alpha value is -1.14. The van der Waals surface area contributed by atoms with Gasteiger partial charge in [-0.15, -0.1) is 0 Å². The highest BCUT2D eigenvalue weighted by Crippen LogP contribution is 2.21. The second kappa shape index (κ2) is 5.46. The minimum Gasteiger partial charge on any atom is -0.396 e. The highest BCUT2D eigenvalue weighted by Gasteiger charge is 2.18. The summed E-state index contributed by atoms with van der Waals surface area (Å²) in [6.07, 6.45) is 1.65. The number of hydrogen-bond acceptors (Lipinski definition) is 3. The number of nitrogens with one attached hydrogen (secondary N) is 1. The molecule has 0 aliphatic heterocycles. The van der Waals surface area contributed by atoms with Crippen LogP contribution in [0.1, 0.15) is 25.3 Å². The third-order valence-corrected chi connectivity index (χ3v) is 4.01. The lowest BCUT2D eigenvalue weighted by molar-refractivity contribution is 0.577. The van der Waals surface area contributed by atoms with E-state index in [1.54, 1.807) is 0 Å². The van der Waals surface area contributed by atoms with Gasteiger partial charge >= 0.3 is 0 Å². The van der Waals surface area contributed by atoms with Crippen LogP contribution in [0.5, 0.6) is 0 Å². The Labute approximate surface area is 101 Å². The number of rotatable bonds is 5. The zero-order chi connectivity index (χ0) is 13.1. The van der Waals surface area contributed by atoms with Crippen LogP contribution in [0.25, 0.3) is 0 Å². The van der Waals surface area contributed by atoms with Gasteiger partial charge in [-0.2, -0.15) is 0 Å². The van der Waals surface area contributed by atoms with Crippen molar-refractivity contribution < 1.29 is 12.8 Å². The van der Waals surface area contributed by atoms with Crippen molar-refractivity contribution in [2.24, 2.45) is 0 Å². The lowest BCUT2D eigenvalue weighted by Crippen LogP contribution is -2.25. The Morgan fingerprint density at radius 3 is 2.65 bits per heavy atom. The number of unbranched alkanes of at least 4 members (excludes halogenated alkanes) is 1. The first-order valence-electron chi connectivity index (χ1n) is 5.43. The van der Waals surface area contributed by atoms with Gasteiger partial charge in [-0.25, -0.2) is 17.5 Å². The summed E-state index contributed by atoms with van der Waals surface area (Å²) >= 11 is 0. The number of anilines is 1. The SMILES string of the molecule is CCCCNS(=O)(=O)c1cc(N)c(F)cc1C. The minimum absolute atomic E-state index is 0.0347. The lowest BCUT2D eigenvalue weighted by atomic mass is 10.2. The van der Waals surface area contributed by atoms with Crippen molar-refractivity contribution in [3.8, 4) is 0 Å². The average Bonchev–Trinajstić information content (AvgIpc) is 2.23. The maximum Gasteiger partial charge on any atom is 0.240 e. The van der Waals surface area contributed by atoms with Crippen molar-refractivity contribution in [1.29, 1.82) is 0 Å². The highest BCUT2D eigenvalue weighted by atomic mass is 32.2. The summed E-state index contributed by atoms with van der Waals surface area (Å²) in [4.78, 5) is 0.0347. The topological polar surface area (TPSA) is 72.2 Å². The monoisotopic (exact) mass is 260 g/mol. The molecule has 1 aromatic rings. The third-order valence-electron chi connectivity index (χ3n) is 2.41. The van der Waals surface area contributed by atoms with E-state index in [9.17, 15) is 12.8 Å². The molecule has 0 fully saturated rings. The van der Waals surface area contributed by atoms with E-state index >= 15 is 0 Å². The number of halogens is 1. The van der Waals surface area contributed by atoms with E-state index in [-0.39, 0.29) is 10.6 Å². The zero-order valence-corrected chi connectivity index (χ0v) is 10.8. The Morgan fingerprint density at radius 1 is 1.41 bits per heavy atom. The molecule has 3 N–H and O–H groups in total. The number of aryl methyl sites for hydroxylation is 1. The quantitative estimate of drug-likeness (QED) is 0.626. The Bertz CT molecular complexity index is 500. The number of nitrogens with two attached hydrogens (primary N) is 1. The van der Waals surface area contributed by atoms with Crippen LogP contribution in [0.2, 0.25) is 0 Å². The molecule has 0 saturated heterocycles. The Morgan fingerprint density at radius 2 is 2.06 bits per heavy atom.